The molecule has 1 atom stereocenters. The highest BCUT2D eigenvalue weighted by molar-refractivity contribution is 6.46. The molecule has 38 heavy (non-hydrogen) atoms. The Balaban J connectivity index is 1.88. The van der Waals surface area contributed by atoms with E-state index in [1.807, 2.05) is 13.8 Å². The van der Waals surface area contributed by atoms with Gasteiger partial charge < -0.3 is 38.6 Å². The van der Waals surface area contributed by atoms with Crippen LogP contribution < -0.4 is 23.7 Å². The summed E-state index contributed by atoms with van der Waals surface area (Å²) >= 11 is 0. The van der Waals surface area contributed by atoms with E-state index in [9.17, 15) is 14.7 Å². The van der Waals surface area contributed by atoms with Crippen LogP contribution in [0, 0.1) is 0 Å². The molecule has 2 heterocycles. The number of hydrogen-bond acceptors (Lipinski definition) is 9. The fourth-order valence-corrected chi connectivity index (χ4v) is 4.85. The van der Waals surface area contributed by atoms with Gasteiger partial charge in [-0.05, 0) is 49.0 Å². The van der Waals surface area contributed by atoms with Crippen molar-refractivity contribution in [1.29, 1.82) is 0 Å². The van der Waals surface area contributed by atoms with Crippen LogP contribution in [0.2, 0.25) is 0 Å². The minimum atomic E-state index is -0.882. The number of nitrogens with zero attached hydrogens (tertiary/aromatic N) is 2. The zero-order valence-corrected chi connectivity index (χ0v) is 22.4. The number of likely N-dealkylation sites (N-methyl/N-ethyl adjacent to an activating group) is 1. The van der Waals surface area contributed by atoms with E-state index in [1.165, 1.54) is 26.2 Å². The van der Waals surface area contributed by atoms with Crippen molar-refractivity contribution >= 4 is 17.4 Å². The SMILES string of the molecule is CCN(CC)CCN1C(=O)C(=O)C(=C(O)c2ccc3c(c2)OCCO3)[C@H]1c1cc(OC)c(OC)c(OC)c1. The van der Waals surface area contributed by atoms with Gasteiger partial charge in [-0.1, -0.05) is 13.8 Å². The maximum atomic E-state index is 13.5. The molecule has 2 aromatic carbocycles. The minimum Gasteiger partial charge on any atom is -0.507 e. The van der Waals surface area contributed by atoms with Crippen LogP contribution in [0.1, 0.15) is 31.0 Å². The van der Waals surface area contributed by atoms with Crippen molar-refractivity contribution in [3.8, 4) is 28.7 Å². The van der Waals surface area contributed by atoms with Gasteiger partial charge in [0.05, 0.1) is 32.9 Å². The van der Waals surface area contributed by atoms with E-state index in [2.05, 4.69) is 4.90 Å². The van der Waals surface area contributed by atoms with E-state index in [4.69, 9.17) is 23.7 Å². The third-order valence-electron chi connectivity index (χ3n) is 6.91. The Labute approximate surface area is 222 Å². The molecule has 4 rings (SSSR count). The molecule has 2 aromatic rings. The Morgan fingerprint density at radius 1 is 0.974 bits per heavy atom. The number of methoxy groups -OCH3 is 3. The van der Waals surface area contributed by atoms with E-state index in [-0.39, 0.29) is 17.9 Å². The van der Waals surface area contributed by atoms with Crippen LogP contribution in [0.15, 0.2) is 35.9 Å². The third-order valence-corrected chi connectivity index (χ3v) is 6.91. The van der Waals surface area contributed by atoms with Gasteiger partial charge in [-0.25, -0.2) is 0 Å². The largest absolute Gasteiger partial charge is 0.507 e. The lowest BCUT2D eigenvalue weighted by Gasteiger charge is -2.29. The number of hydrogen-bond donors (Lipinski definition) is 1. The van der Waals surface area contributed by atoms with Crippen molar-refractivity contribution in [2.45, 2.75) is 19.9 Å². The highest BCUT2D eigenvalue weighted by Crippen LogP contribution is 2.46. The summed E-state index contributed by atoms with van der Waals surface area (Å²) in [6, 6.07) is 7.43. The highest BCUT2D eigenvalue weighted by Gasteiger charge is 2.46. The maximum Gasteiger partial charge on any atom is 0.295 e. The van der Waals surface area contributed by atoms with Crippen LogP contribution in [-0.4, -0.2) is 87.3 Å². The van der Waals surface area contributed by atoms with Crippen molar-refractivity contribution < 1.29 is 38.4 Å². The van der Waals surface area contributed by atoms with Crippen LogP contribution in [0.5, 0.6) is 28.7 Å². The van der Waals surface area contributed by atoms with E-state index in [0.29, 0.717) is 59.6 Å². The number of carbonyl (C=O) groups excluding carboxylic acids is 2. The van der Waals surface area contributed by atoms with E-state index >= 15 is 0 Å². The van der Waals surface area contributed by atoms with Crippen molar-refractivity contribution in [2.24, 2.45) is 0 Å². The predicted octanol–water partition coefficient (Wildman–Crippen LogP) is 3.25. The zero-order valence-electron chi connectivity index (χ0n) is 22.4. The van der Waals surface area contributed by atoms with Crippen LogP contribution in [0.4, 0.5) is 0 Å². The van der Waals surface area contributed by atoms with Gasteiger partial charge in [-0.2, -0.15) is 0 Å². The monoisotopic (exact) mass is 526 g/mol. The zero-order chi connectivity index (χ0) is 27.4. The molecular weight excluding hydrogens is 492 g/mol. The average Bonchev–Trinajstić information content (AvgIpc) is 3.21. The Morgan fingerprint density at radius 3 is 2.18 bits per heavy atom. The second kappa shape index (κ2) is 11.6. The lowest BCUT2D eigenvalue weighted by Crippen LogP contribution is -2.38. The highest BCUT2D eigenvalue weighted by atomic mass is 16.6. The van der Waals surface area contributed by atoms with Gasteiger partial charge >= 0.3 is 0 Å². The summed E-state index contributed by atoms with van der Waals surface area (Å²) < 4.78 is 27.8. The van der Waals surface area contributed by atoms with E-state index in [1.54, 1.807) is 30.3 Å². The molecule has 0 aromatic heterocycles. The first-order chi connectivity index (χ1) is 18.4. The van der Waals surface area contributed by atoms with E-state index < -0.39 is 17.7 Å². The Kier molecular flexibility index (Phi) is 8.31. The number of aliphatic hydroxyl groups is 1. The fourth-order valence-electron chi connectivity index (χ4n) is 4.85. The summed E-state index contributed by atoms with van der Waals surface area (Å²) in [4.78, 5) is 30.5. The lowest BCUT2D eigenvalue weighted by atomic mass is 9.94. The van der Waals surface area contributed by atoms with Gasteiger partial charge in [0.25, 0.3) is 11.7 Å². The molecule has 1 amide bonds. The normalized spacial score (nSPS) is 18.2. The van der Waals surface area contributed by atoms with Crippen LogP contribution in [0.3, 0.4) is 0 Å². The van der Waals surface area contributed by atoms with E-state index in [0.717, 1.165) is 13.1 Å². The maximum absolute atomic E-state index is 13.5. The molecule has 2 aliphatic rings. The number of aliphatic hydroxyl groups excluding tert-OH is 1. The number of benzene rings is 2. The van der Waals surface area contributed by atoms with Crippen molar-refractivity contribution in [1.82, 2.24) is 9.80 Å². The number of Topliss-reactive ketones (excluding diaryl/α,β-unsaturated/α-hetero) is 1. The van der Waals surface area contributed by atoms with Crippen LogP contribution >= 0.6 is 0 Å². The number of ether oxygens (including phenoxy) is 5. The Bertz CT molecular complexity index is 1210. The minimum absolute atomic E-state index is 0.0273. The molecule has 1 saturated heterocycles. The summed E-state index contributed by atoms with van der Waals surface area (Å²) in [5.74, 6) is 0.376. The second-order valence-electron chi connectivity index (χ2n) is 8.84. The van der Waals surface area contributed by atoms with Gasteiger partial charge in [-0.15, -0.1) is 0 Å². The molecule has 0 aliphatic carbocycles. The molecule has 1 fully saturated rings. The summed E-state index contributed by atoms with van der Waals surface area (Å²) in [6.07, 6.45) is 0. The molecule has 0 bridgehead atoms. The molecule has 2 aliphatic heterocycles. The number of rotatable bonds is 10. The first-order valence-corrected chi connectivity index (χ1v) is 12.6. The summed E-state index contributed by atoms with van der Waals surface area (Å²) in [5, 5.41) is 11.5. The smallest absolute Gasteiger partial charge is 0.295 e. The molecule has 0 unspecified atom stereocenters. The molecular formula is C28H34N2O8. The van der Waals surface area contributed by atoms with Gasteiger partial charge in [0, 0.05) is 18.7 Å². The summed E-state index contributed by atoms with van der Waals surface area (Å²) in [5.41, 5.74) is 0.853. The van der Waals surface area contributed by atoms with Crippen molar-refractivity contribution in [3.05, 3.63) is 47.0 Å². The second-order valence-corrected chi connectivity index (χ2v) is 8.84. The quantitative estimate of drug-likeness (QED) is 0.284. The van der Waals surface area contributed by atoms with Crippen molar-refractivity contribution in [2.75, 3.05) is 60.7 Å². The Hall–Kier alpha value is -3.92. The molecule has 0 spiro atoms. The molecule has 204 valence electrons. The van der Waals surface area contributed by atoms with Gasteiger partial charge in [0.1, 0.15) is 19.0 Å². The summed E-state index contributed by atoms with van der Waals surface area (Å²) in [6.45, 7) is 7.32. The molecule has 0 radical (unpaired) electrons. The third kappa shape index (κ3) is 4.96. The number of fused-ring (bicyclic) bond motifs is 1. The Morgan fingerprint density at radius 2 is 1.61 bits per heavy atom. The summed E-state index contributed by atoms with van der Waals surface area (Å²) in [7, 11) is 4.49. The first kappa shape index (κ1) is 27.1. The van der Waals surface area contributed by atoms with Gasteiger partial charge in [-0.3, -0.25) is 9.59 Å². The molecule has 10 heteroatoms. The average molecular weight is 527 g/mol. The standard InChI is InChI=1S/C28H34N2O8/c1-6-29(7-2)10-11-30-24(18-15-21(34-3)27(36-5)22(16-18)35-4)23(26(32)28(30)33)25(31)17-8-9-19-20(14-17)38-13-12-37-19/h8-9,14-16,24,31H,6-7,10-13H2,1-5H3/t24-/m1/s1. The fraction of sp³-hybridized carbons (Fsp3) is 0.429. The van der Waals surface area contributed by atoms with Gasteiger partial charge in [0.15, 0.2) is 23.0 Å². The van der Waals surface area contributed by atoms with Gasteiger partial charge in [0.2, 0.25) is 5.75 Å². The number of ketones is 1. The molecule has 0 saturated carbocycles. The van der Waals surface area contributed by atoms with Crippen LogP contribution in [0.25, 0.3) is 5.76 Å². The lowest BCUT2D eigenvalue weighted by molar-refractivity contribution is -0.140. The molecule has 1 N–H and O–H groups in total. The number of likely N-dealkylation sites (tertiary alicyclic amines) is 1. The number of carbonyl (C=O) groups is 2. The van der Waals surface area contributed by atoms with Crippen LogP contribution in [-0.2, 0) is 9.59 Å². The molecule has 10 nitrogen and oxygen atoms in total. The topological polar surface area (TPSA) is 107 Å². The first-order valence-electron chi connectivity index (χ1n) is 12.6. The number of amides is 1. The predicted molar refractivity (Wildman–Crippen MR) is 140 cm³/mol. The van der Waals surface area contributed by atoms with Crippen molar-refractivity contribution in [3.63, 3.8) is 0 Å².